The number of aromatic nitrogens is 1. The predicted molar refractivity (Wildman–Crippen MR) is 53.3 cm³/mol. The van der Waals surface area contributed by atoms with Gasteiger partial charge in [0.05, 0.1) is 6.20 Å². The van der Waals surface area contributed by atoms with Gasteiger partial charge in [0.1, 0.15) is 5.76 Å². The van der Waals surface area contributed by atoms with Crippen LogP contribution in [0.1, 0.15) is 48.8 Å². The first kappa shape index (κ1) is 8.48. The molecule has 1 aliphatic carbocycles. The van der Waals surface area contributed by atoms with Crippen molar-refractivity contribution in [1.82, 2.24) is 10.5 Å². The van der Waals surface area contributed by atoms with Crippen molar-refractivity contribution < 1.29 is 4.52 Å². The van der Waals surface area contributed by atoms with Gasteiger partial charge in [-0.15, -0.1) is 0 Å². The second-order valence-electron chi connectivity index (χ2n) is 4.46. The van der Waals surface area contributed by atoms with Gasteiger partial charge in [0.2, 0.25) is 0 Å². The van der Waals surface area contributed by atoms with Gasteiger partial charge in [0, 0.05) is 23.9 Å². The van der Waals surface area contributed by atoms with E-state index in [0.717, 1.165) is 6.54 Å². The molecule has 2 aliphatic rings. The van der Waals surface area contributed by atoms with Crippen molar-refractivity contribution >= 4 is 0 Å². The fourth-order valence-corrected chi connectivity index (χ4v) is 2.34. The van der Waals surface area contributed by atoms with Crippen molar-refractivity contribution in [3.63, 3.8) is 0 Å². The summed E-state index contributed by atoms with van der Waals surface area (Å²) in [6.45, 7) is 2.27. The van der Waals surface area contributed by atoms with Crippen molar-refractivity contribution in [2.24, 2.45) is 0 Å². The second kappa shape index (κ2) is 3.39. The third-order valence-electron chi connectivity index (χ3n) is 3.31. The van der Waals surface area contributed by atoms with E-state index in [-0.39, 0.29) is 0 Å². The van der Waals surface area contributed by atoms with Gasteiger partial charge in [0.15, 0.2) is 0 Å². The van der Waals surface area contributed by atoms with Crippen molar-refractivity contribution in [3.8, 4) is 0 Å². The Bertz CT molecular complexity index is 311. The molecule has 1 aromatic rings. The van der Waals surface area contributed by atoms with E-state index in [1.54, 1.807) is 0 Å². The standard InChI is InChI=1S/C11H16N2O/c1-2-9(6-12-5-1)10-7-13-14-11(10)8-3-4-8/h7-9,12H,1-6H2. The number of nitrogens with one attached hydrogen (secondary N) is 1. The summed E-state index contributed by atoms with van der Waals surface area (Å²) < 4.78 is 5.36. The van der Waals surface area contributed by atoms with Gasteiger partial charge in [-0.3, -0.25) is 0 Å². The van der Waals surface area contributed by atoms with Crippen molar-refractivity contribution in [2.45, 2.75) is 37.5 Å². The molecule has 14 heavy (non-hydrogen) atoms. The smallest absolute Gasteiger partial charge is 0.143 e. The molecule has 76 valence electrons. The summed E-state index contributed by atoms with van der Waals surface area (Å²) in [4.78, 5) is 0. The molecular weight excluding hydrogens is 176 g/mol. The molecule has 2 heterocycles. The summed E-state index contributed by atoms with van der Waals surface area (Å²) in [5.74, 6) is 2.51. The van der Waals surface area contributed by atoms with E-state index in [4.69, 9.17) is 4.52 Å². The van der Waals surface area contributed by atoms with Crippen molar-refractivity contribution in [3.05, 3.63) is 17.5 Å². The molecular formula is C11H16N2O. The summed E-state index contributed by atoms with van der Waals surface area (Å²) >= 11 is 0. The summed E-state index contributed by atoms with van der Waals surface area (Å²) in [7, 11) is 0. The van der Waals surface area contributed by atoms with Gasteiger partial charge < -0.3 is 9.84 Å². The first-order chi connectivity index (χ1) is 6.95. The molecule has 0 radical (unpaired) electrons. The topological polar surface area (TPSA) is 38.1 Å². The van der Waals surface area contributed by atoms with Gasteiger partial charge in [0.25, 0.3) is 0 Å². The lowest BCUT2D eigenvalue weighted by molar-refractivity contribution is 0.378. The van der Waals surface area contributed by atoms with E-state index >= 15 is 0 Å². The highest BCUT2D eigenvalue weighted by atomic mass is 16.5. The van der Waals surface area contributed by atoms with E-state index in [1.807, 2.05) is 6.20 Å². The molecule has 0 bridgehead atoms. The molecule has 1 aliphatic heterocycles. The van der Waals surface area contributed by atoms with E-state index in [2.05, 4.69) is 10.5 Å². The molecule has 1 saturated carbocycles. The van der Waals surface area contributed by atoms with Crippen LogP contribution in [0.25, 0.3) is 0 Å². The van der Waals surface area contributed by atoms with Crippen molar-refractivity contribution in [2.75, 3.05) is 13.1 Å². The lowest BCUT2D eigenvalue weighted by Gasteiger charge is -2.22. The molecule has 1 saturated heterocycles. The lowest BCUT2D eigenvalue weighted by Crippen LogP contribution is -2.28. The Kier molecular flexibility index (Phi) is 2.05. The van der Waals surface area contributed by atoms with E-state index in [9.17, 15) is 0 Å². The maximum absolute atomic E-state index is 5.36. The van der Waals surface area contributed by atoms with Gasteiger partial charge in [-0.2, -0.15) is 0 Å². The monoisotopic (exact) mass is 192 g/mol. The molecule has 1 N–H and O–H groups in total. The zero-order valence-corrected chi connectivity index (χ0v) is 8.33. The molecule has 1 atom stereocenters. The summed E-state index contributed by atoms with van der Waals surface area (Å²) in [5.41, 5.74) is 1.37. The summed E-state index contributed by atoms with van der Waals surface area (Å²) in [6.07, 6.45) is 7.09. The van der Waals surface area contributed by atoms with E-state index in [1.165, 1.54) is 43.6 Å². The van der Waals surface area contributed by atoms with Crippen LogP contribution in [0.2, 0.25) is 0 Å². The molecule has 1 aromatic heterocycles. The van der Waals surface area contributed by atoms with E-state index < -0.39 is 0 Å². The Balaban J connectivity index is 1.82. The average molecular weight is 192 g/mol. The van der Waals surface area contributed by atoms with E-state index in [0.29, 0.717) is 11.8 Å². The number of hydrogen-bond donors (Lipinski definition) is 1. The Morgan fingerprint density at radius 1 is 1.29 bits per heavy atom. The highest BCUT2D eigenvalue weighted by molar-refractivity contribution is 5.26. The zero-order chi connectivity index (χ0) is 9.38. The maximum atomic E-state index is 5.36. The second-order valence-corrected chi connectivity index (χ2v) is 4.46. The summed E-state index contributed by atoms with van der Waals surface area (Å²) in [6, 6.07) is 0. The normalized spacial score (nSPS) is 27.9. The van der Waals surface area contributed by atoms with Gasteiger partial charge >= 0.3 is 0 Å². The third kappa shape index (κ3) is 1.46. The molecule has 3 nitrogen and oxygen atoms in total. The number of hydrogen-bond acceptors (Lipinski definition) is 3. The first-order valence-electron chi connectivity index (χ1n) is 5.60. The molecule has 3 rings (SSSR count). The van der Waals surface area contributed by atoms with Crippen LogP contribution in [0, 0.1) is 0 Å². The number of nitrogens with zero attached hydrogens (tertiary/aromatic N) is 1. The van der Waals surface area contributed by atoms with Crippen molar-refractivity contribution in [1.29, 1.82) is 0 Å². The Morgan fingerprint density at radius 3 is 2.93 bits per heavy atom. The highest BCUT2D eigenvalue weighted by Gasteiger charge is 2.32. The molecule has 3 heteroatoms. The Labute approximate surface area is 83.9 Å². The number of piperidine rings is 1. The van der Waals surface area contributed by atoms with Crippen LogP contribution in [0.15, 0.2) is 10.7 Å². The minimum atomic E-state index is 0.644. The first-order valence-corrected chi connectivity index (χ1v) is 5.60. The zero-order valence-electron chi connectivity index (χ0n) is 8.33. The van der Waals surface area contributed by atoms with Crippen LogP contribution < -0.4 is 5.32 Å². The maximum Gasteiger partial charge on any atom is 0.143 e. The van der Waals surface area contributed by atoms with Crippen LogP contribution >= 0.6 is 0 Å². The lowest BCUT2D eigenvalue weighted by atomic mass is 9.91. The predicted octanol–water partition coefficient (Wildman–Crippen LogP) is 2.02. The van der Waals surface area contributed by atoms with Crippen LogP contribution in [-0.4, -0.2) is 18.2 Å². The van der Waals surface area contributed by atoms with Crippen LogP contribution in [0.3, 0.4) is 0 Å². The number of rotatable bonds is 2. The fraction of sp³-hybridized carbons (Fsp3) is 0.727. The SMILES string of the molecule is c1noc(C2CC2)c1C1CCCNC1. The molecule has 1 unspecified atom stereocenters. The quantitative estimate of drug-likeness (QED) is 0.779. The third-order valence-corrected chi connectivity index (χ3v) is 3.31. The summed E-state index contributed by atoms with van der Waals surface area (Å²) in [5, 5.41) is 7.40. The molecule has 0 amide bonds. The van der Waals surface area contributed by atoms with Crippen LogP contribution in [-0.2, 0) is 0 Å². The Hall–Kier alpha value is -0.830. The van der Waals surface area contributed by atoms with Gasteiger partial charge in [-0.1, -0.05) is 5.16 Å². The van der Waals surface area contributed by atoms with Gasteiger partial charge in [-0.25, -0.2) is 0 Å². The minimum absolute atomic E-state index is 0.644. The largest absolute Gasteiger partial charge is 0.361 e. The molecule has 2 fully saturated rings. The van der Waals surface area contributed by atoms with Gasteiger partial charge in [-0.05, 0) is 32.2 Å². The molecule has 0 aromatic carbocycles. The van der Waals surface area contributed by atoms with Crippen LogP contribution in [0.4, 0.5) is 0 Å². The minimum Gasteiger partial charge on any atom is -0.361 e. The Morgan fingerprint density at radius 2 is 2.21 bits per heavy atom. The fourth-order valence-electron chi connectivity index (χ4n) is 2.34. The molecule has 0 spiro atoms. The highest BCUT2D eigenvalue weighted by Crippen LogP contribution is 2.43. The van der Waals surface area contributed by atoms with Crippen LogP contribution in [0.5, 0.6) is 0 Å². The average Bonchev–Trinajstić information content (AvgIpc) is 2.98.